The molecule has 0 aromatic rings. The predicted molar refractivity (Wildman–Crippen MR) is 145 cm³/mol. The Bertz CT molecular complexity index is 978. The number of amides is 1. The maximum Gasteiger partial charge on any atom is 0.333 e. The molecule has 3 rings (SSSR count). The lowest BCUT2D eigenvalue weighted by atomic mass is 9.90. The van der Waals surface area contributed by atoms with Crippen LogP contribution in [-0.4, -0.2) is 118 Å². The third-order valence-corrected chi connectivity index (χ3v) is 7.42. The Morgan fingerprint density at radius 3 is 2.40 bits per heavy atom. The number of nitrogens with one attached hydrogen (secondary N) is 2. The Balaban J connectivity index is 1.99. The third kappa shape index (κ3) is 8.50. The molecule has 16 nitrogen and oxygen atoms in total. The van der Waals surface area contributed by atoms with Crippen molar-refractivity contribution < 1.29 is 52.6 Å². The van der Waals surface area contributed by atoms with E-state index >= 15 is 0 Å². The average Bonchev–Trinajstić information content (AvgIpc) is 3.25. The molecule has 3 saturated heterocycles. The molecule has 3 heterocycles. The molecule has 3 N–H and O–H groups in total. The highest BCUT2D eigenvalue weighted by atomic mass is 16.8. The minimum Gasteiger partial charge on any atom is -0.479 e. The molecule has 0 aromatic heterocycles. The van der Waals surface area contributed by atoms with Crippen LogP contribution in [0.3, 0.4) is 0 Å². The first-order valence-corrected chi connectivity index (χ1v) is 14.0. The van der Waals surface area contributed by atoms with Crippen molar-refractivity contribution in [2.45, 2.75) is 115 Å². The second kappa shape index (κ2) is 14.6. The second-order valence-electron chi connectivity index (χ2n) is 11.5. The Morgan fingerprint density at radius 1 is 1.12 bits per heavy atom. The highest BCUT2D eigenvalue weighted by Gasteiger charge is 2.58. The maximum atomic E-state index is 12.3. The van der Waals surface area contributed by atoms with E-state index in [-0.39, 0.29) is 12.5 Å². The van der Waals surface area contributed by atoms with Crippen molar-refractivity contribution in [3.63, 3.8) is 0 Å². The molecule has 0 aromatic carbocycles. The summed E-state index contributed by atoms with van der Waals surface area (Å²) in [6, 6.07) is -0.848. The molecule has 10 atom stereocenters. The van der Waals surface area contributed by atoms with Crippen LogP contribution in [0.4, 0.5) is 0 Å². The van der Waals surface area contributed by atoms with Crippen molar-refractivity contribution in [2.75, 3.05) is 33.9 Å². The van der Waals surface area contributed by atoms with Crippen LogP contribution in [0, 0.1) is 5.92 Å². The number of hydrogen-bond acceptors (Lipinski definition) is 12. The lowest BCUT2D eigenvalue weighted by Gasteiger charge is -2.49. The number of carboxylic acids is 1. The first-order valence-electron chi connectivity index (χ1n) is 14.0. The highest BCUT2D eigenvalue weighted by Crippen LogP contribution is 2.42. The standard InChI is InChI=1S/C26H45N5O11/c1-13-17-21(42-26(5,6)40-17)24(38-18(13)22(33)34)39-19-15(12-28-10-9-11-29-31-27)37-23(35-7)16(30-14(2)32)20(19)41-25(3,4)36-8/h13,15-21,23-24,28H,9-12H2,1-8H3,(H,30,32)(H,33,34)/t13-,15?,16?,17-,18?,19+,20+,21?,23+,24-/m0/s1. The Morgan fingerprint density at radius 2 is 1.81 bits per heavy atom. The van der Waals surface area contributed by atoms with Crippen molar-refractivity contribution >= 4 is 11.9 Å². The van der Waals surface area contributed by atoms with Gasteiger partial charge in [0, 0.05) is 45.1 Å². The van der Waals surface area contributed by atoms with Gasteiger partial charge in [-0.3, -0.25) is 4.79 Å². The Kier molecular flexibility index (Phi) is 11.9. The van der Waals surface area contributed by atoms with Gasteiger partial charge in [-0.25, -0.2) is 4.79 Å². The van der Waals surface area contributed by atoms with Crippen LogP contribution in [0.25, 0.3) is 10.4 Å². The van der Waals surface area contributed by atoms with Crippen LogP contribution in [-0.2, 0) is 47.5 Å². The lowest BCUT2D eigenvalue weighted by Crippen LogP contribution is -2.69. The molecule has 42 heavy (non-hydrogen) atoms. The van der Waals surface area contributed by atoms with Crippen LogP contribution >= 0.6 is 0 Å². The van der Waals surface area contributed by atoms with Gasteiger partial charge in [-0.1, -0.05) is 12.0 Å². The molecular weight excluding hydrogens is 558 g/mol. The molecule has 4 unspecified atom stereocenters. The molecule has 1 amide bonds. The molecule has 3 fully saturated rings. The van der Waals surface area contributed by atoms with Crippen LogP contribution in [0.15, 0.2) is 5.11 Å². The Hall–Kier alpha value is -2.11. The molecule has 0 spiro atoms. The van der Waals surface area contributed by atoms with Gasteiger partial charge in [-0.05, 0) is 46.2 Å². The van der Waals surface area contributed by atoms with Crippen molar-refractivity contribution in [1.29, 1.82) is 0 Å². The smallest absolute Gasteiger partial charge is 0.333 e. The minimum absolute atomic E-state index is 0.239. The summed E-state index contributed by atoms with van der Waals surface area (Å²) >= 11 is 0. The van der Waals surface area contributed by atoms with Gasteiger partial charge in [-0.15, -0.1) is 0 Å². The van der Waals surface area contributed by atoms with E-state index in [1.807, 2.05) is 0 Å². The monoisotopic (exact) mass is 603 g/mol. The lowest BCUT2D eigenvalue weighted by molar-refractivity contribution is -0.351. The third-order valence-electron chi connectivity index (χ3n) is 7.42. The normalized spacial score (nSPS) is 36.1. The number of hydrogen-bond donors (Lipinski definition) is 3. The van der Waals surface area contributed by atoms with E-state index < -0.39 is 78.7 Å². The van der Waals surface area contributed by atoms with Crippen LogP contribution in [0.5, 0.6) is 0 Å². The van der Waals surface area contributed by atoms with Crippen LogP contribution < -0.4 is 10.6 Å². The number of nitrogens with zero attached hydrogens (tertiary/aromatic N) is 3. The molecule has 240 valence electrons. The van der Waals surface area contributed by atoms with Gasteiger partial charge >= 0.3 is 5.97 Å². The predicted octanol–water partition coefficient (Wildman–Crippen LogP) is 1.27. The van der Waals surface area contributed by atoms with Gasteiger partial charge < -0.3 is 53.6 Å². The fourth-order valence-corrected chi connectivity index (χ4v) is 5.40. The quantitative estimate of drug-likeness (QED) is 0.0845. The zero-order chi connectivity index (χ0) is 31.2. The number of rotatable bonds is 14. The van der Waals surface area contributed by atoms with Gasteiger partial charge in [-0.2, -0.15) is 0 Å². The largest absolute Gasteiger partial charge is 0.479 e. The van der Waals surface area contributed by atoms with Gasteiger partial charge in [0.2, 0.25) is 5.91 Å². The van der Waals surface area contributed by atoms with E-state index in [0.29, 0.717) is 19.5 Å². The maximum absolute atomic E-state index is 12.3. The van der Waals surface area contributed by atoms with E-state index in [0.717, 1.165) is 0 Å². The summed E-state index contributed by atoms with van der Waals surface area (Å²) in [5, 5.41) is 19.6. The first-order chi connectivity index (χ1) is 19.7. The molecule has 3 aliphatic heterocycles. The molecule has 0 saturated carbocycles. The van der Waals surface area contributed by atoms with Crippen LogP contribution in [0.1, 0.15) is 48.0 Å². The fourth-order valence-electron chi connectivity index (χ4n) is 5.40. The fraction of sp³-hybridized carbons (Fsp3) is 0.923. The first kappa shape index (κ1) is 34.4. The molecular formula is C26H45N5O11. The van der Waals surface area contributed by atoms with Gasteiger partial charge in [0.05, 0.1) is 6.10 Å². The van der Waals surface area contributed by atoms with E-state index in [4.69, 9.17) is 43.4 Å². The Labute approximate surface area is 245 Å². The van der Waals surface area contributed by atoms with E-state index in [9.17, 15) is 14.7 Å². The minimum atomic E-state index is -1.23. The van der Waals surface area contributed by atoms with Crippen LogP contribution in [0.2, 0.25) is 0 Å². The number of methoxy groups -OCH3 is 2. The molecule has 16 heteroatoms. The number of azide groups is 1. The second-order valence-corrected chi connectivity index (χ2v) is 11.5. The van der Waals surface area contributed by atoms with Crippen molar-refractivity contribution in [3.8, 4) is 0 Å². The number of carbonyl (C=O) groups excluding carboxylic acids is 1. The van der Waals surface area contributed by atoms with Gasteiger partial charge in [0.15, 0.2) is 30.3 Å². The molecule has 0 bridgehead atoms. The molecule has 3 aliphatic rings. The molecule has 0 radical (unpaired) electrons. The zero-order valence-electron chi connectivity index (χ0n) is 25.5. The summed E-state index contributed by atoms with van der Waals surface area (Å²) in [5.41, 5.74) is 8.54. The van der Waals surface area contributed by atoms with Gasteiger partial charge in [0.1, 0.15) is 30.5 Å². The summed E-state index contributed by atoms with van der Waals surface area (Å²) < 4.78 is 48.7. The SMILES string of the molecule is CO[C@@H]1OC(CNCCCN=[N+]=[N-])[C@@H](O[C@@H]2OC(C(=O)O)[C@@H](C)[C@@H]3OC(C)(C)OC23)[C@H](OC(C)(C)OC)C1NC(C)=O. The summed E-state index contributed by atoms with van der Waals surface area (Å²) in [4.78, 5) is 27.2. The number of carbonyl (C=O) groups is 2. The highest BCUT2D eigenvalue weighted by molar-refractivity contribution is 5.73. The zero-order valence-corrected chi connectivity index (χ0v) is 25.5. The number of aliphatic carboxylic acids is 1. The van der Waals surface area contributed by atoms with Crippen molar-refractivity contribution in [1.82, 2.24) is 10.6 Å². The topological polar surface area (TPSA) is 201 Å². The summed E-state index contributed by atoms with van der Waals surface area (Å²) in [6.45, 7) is 11.0. The summed E-state index contributed by atoms with van der Waals surface area (Å²) in [7, 11) is 2.93. The molecule has 0 aliphatic carbocycles. The van der Waals surface area contributed by atoms with E-state index in [1.54, 1.807) is 34.6 Å². The summed E-state index contributed by atoms with van der Waals surface area (Å²) in [5.74, 6) is -4.19. The average molecular weight is 604 g/mol. The van der Waals surface area contributed by atoms with E-state index in [1.165, 1.54) is 21.1 Å². The van der Waals surface area contributed by atoms with Crippen molar-refractivity contribution in [3.05, 3.63) is 10.4 Å². The number of carboxylic acid groups (broad SMARTS) is 1. The number of ether oxygens (including phenoxy) is 8. The van der Waals surface area contributed by atoms with Crippen molar-refractivity contribution in [2.24, 2.45) is 11.0 Å². The van der Waals surface area contributed by atoms with E-state index in [2.05, 4.69) is 20.7 Å². The number of fused-ring (bicyclic) bond motifs is 1. The van der Waals surface area contributed by atoms with Gasteiger partial charge in [0.25, 0.3) is 0 Å². The summed E-state index contributed by atoms with van der Waals surface area (Å²) in [6.07, 6.45) is -6.78.